The van der Waals surface area contributed by atoms with Gasteiger partial charge in [-0.15, -0.1) is 0 Å². The standard InChI is InChI=1S/C21H25FO3/c1-2-3-4-5-6-19(22)15-25-21(24)18-9-7-16(8-10-18)17-11-13-20(23)14-12-17/h7-14,19,23H,2-6,15H2,1H3. The summed E-state index contributed by atoms with van der Waals surface area (Å²) in [5.41, 5.74) is 2.27. The SMILES string of the molecule is CCCCCCC(F)COC(=O)c1ccc(-c2ccc(O)cc2)cc1. The zero-order chi connectivity index (χ0) is 18.1. The fourth-order valence-electron chi connectivity index (χ4n) is 2.58. The Bertz CT molecular complexity index is 650. The van der Waals surface area contributed by atoms with E-state index in [9.17, 15) is 14.3 Å². The van der Waals surface area contributed by atoms with Gasteiger partial charge < -0.3 is 9.84 Å². The molecule has 0 aliphatic heterocycles. The van der Waals surface area contributed by atoms with Gasteiger partial charge in [-0.25, -0.2) is 9.18 Å². The van der Waals surface area contributed by atoms with E-state index >= 15 is 0 Å². The van der Waals surface area contributed by atoms with E-state index in [1.807, 2.05) is 0 Å². The van der Waals surface area contributed by atoms with E-state index in [1.54, 1.807) is 48.5 Å². The Morgan fingerprint density at radius 2 is 1.60 bits per heavy atom. The summed E-state index contributed by atoms with van der Waals surface area (Å²) in [6.45, 7) is 1.92. The van der Waals surface area contributed by atoms with Gasteiger partial charge in [0.15, 0.2) is 0 Å². The summed E-state index contributed by atoms with van der Waals surface area (Å²) in [6, 6.07) is 13.8. The van der Waals surface area contributed by atoms with Crippen LogP contribution < -0.4 is 0 Å². The van der Waals surface area contributed by atoms with Crippen LogP contribution in [0.25, 0.3) is 11.1 Å². The van der Waals surface area contributed by atoms with Crippen LogP contribution in [0.1, 0.15) is 49.4 Å². The number of phenols is 1. The third-order valence-electron chi connectivity index (χ3n) is 4.09. The molecule has 1 atom stereocenters. The van der Waals surface area contributed by atoms with Gasteiger partial charge in [-0.2, -0.15) is 0 Å². The Morgan fingerprint density at radius 1 is 1.00 bits per heavy atom. The second-order valence-electron chi connectivity index (χ2n) is 6.17. The first-order chi connectivity index (χ1) is 12.1. The van der Waals surface area contributed by atoms with Crippen LogP contribution in [0, 0.1) is 0 Å². The van der Waals surface area contributed by atoms with Crippen LogP contribution >= 0.6 is 0 Å². The molecule has 2 rings (SSSR count). The average molecular weight is 344 g/mol. The van der Waals surface area contributed by atoms with Gasteiger partial charge in [0.25, 0.3) is 0 Å². The van der Waals surface area contributed by atoms with E-state index in [4.69, 9.17) is 4.74 Å². The first kappa shape index (κ1) is 19.0. The average Bonchev–Trinajstić information content (AvgIpc) is 2.64. The van der Waals surface area contributed by atoms with E-state index in [-0.39, 0.29) is 12.4 Å². The van der Waals surface area contributed by atoms with Crippen molar-refractivity contribution in [2.75, 3.05) is 6.61 Å². The molecule has 25 heavy (non-hydrogen) atoms. The molecule has 0 saturated carbocycles. The lowest BCUT2D eigenvalue weighted by Crippen LogP contribution is -2.15. The molecule has 0 aliphatic rings. The third-order valence-corrected chi connectivity index (χ3v) is 4.09. The molecule has 1 N–H and O–H groups in total. The van der Waals surface area contributed by atoms with Crippen molar-refractivity contribution in [2.24, 2.45) is 0 Å². The minimum Gasteiger partial charge on any atom is -0.508 e. The minimum atomic E-state index is -1.10. The van der Waals surface area contributed by atoms with Gasteiger partial charge in [0.1, 0.15) is 18.5 Å². The number of unbranched alkanes of at least 4 members (excludes halogenated alkanes) is 3. The molecule has 0 spiro atoms. The van der Waals surface area contributed by atoms with Crippen molar-refractivity contribution in [1.29, 1.82) is 0 Å². The number of carbonyl (C=O) groups excluding carboxylic acids is 1. The fourth-order valence-corrected chi connectivity index (χ4v) is 2.58. The van der Waals surface area contributed by atoms with Crippen molar-refractivity contribution in [3.8, 4) is 16.9 Å². The molecular weight excluding hydrogens is 319 g/mol. The van der Waals surface area contributed by atoms with Crippen molar-refractivity contribution in [3.05, 3.63) is 54.1 Å². The first-order valence-electron chi connectivity index (χ1n) is 8.81. The highest BCUT2D eigenvalue weighted by molar-refractivity contribution is 5.90. The van der Waals surface area contributed by atoms with Crippen molar-refractivity contribution >= 4 is 5.97 Å². The molecule has 0 saturated heterocycles. The lowest BCUT2D eigenvalue weighted by molar-refractivity contribution is 0.0389. The minimum absolute atomic E-state index is 0.190. The molecule has 0 aromatic heterocycles. The maximum absolute atomic E-state index is 13.7. The van der Waals surface area contributed by atoms with Gasteiger partial charge in [-0.3, -0.25) is 0 Å². The van der Waals surface area contributed by atoms with Crippen molar-refractivity contribution < 1.29 is 19.0 Å². The van der Waals surface area contributed by atoms with Crippen molar-refractivity contribution in [1.82, 2.24) is 0 Å². The summed E-state index contributed by atoms with van der Waals surface area (Å²) in [4.78, 5) is 12.0. The highest BCUT2D eigenvalue weighted by Gasteiger charge is 2.12. The summed E-state index contributed by atoms with van der Waals surface area (Å²) in [5, 5.41) is 9.31. The van der Waals surface area contributed by atoms with Gasteiger partial charge in [0.05, 0.1) is 5.56 Å². The molecule has 4 heteroatoms. The number of rotatable bonds is 9. The predicted octanol–water partition coefficient (Wildman–Crippen LogP) is 5.52. The fraction of sp³-hybridized carbons (Fsp3) is 0.381. The molecule has 2 aromatic carbocycles. The number of phenolic OH excluding ortho intramolecular Hbond substituents is 1. The van der Waals surface area contributed by atoms with Gasteiger partial charge >= 0.3 is 5.97 Å². The van der Waals surface area contributed by atoms with Crippen molar-refractivity contribution in [2.45, 2.75) is 45.2 Å². The molecule has 0 amide bonds. The Hall–Kier alpha value is -2.36. The molecule has 3 nitrogen and oxygen atoms in total. The maximum atomic E-state index is 13.7. The molecule has 0 fully saturated rings. The number of alkyl halides is 1. The number of ether oxygens (including phenoxy) is 1. The van der Waals surface area contributed by atoms with Crippen LogP contribution in [-0.2, 0) is 4.74 Å². The molecule has 1 unspecified atom stereocenters. The second kappa shape index (κ2) is 9.82. The number of halogens is 1. The van der Waals surface area contributed by atoms with E-state index in [2.05, 4.69) is 6.92 Å². The summed E-state index contributed by atoms with van der Waals surface area (Å²) >= 11 is 0. The number of esters is 1. The molecule has 0 bridgehead atoms. The maximum Gasteiger partial charge on any atom is 0.338 e. The van der Waals surface area contributed by atoms with E-state index in [0.717, 1.165) is 36.8 Å². The third kappa shape index (κ3) is 6.22. The summed E-state index contributed by atoms with van der Waals surface area (Å²) < 4.78 is 18.8. The Kier molecular flexibility index (Phi) is 7.45. The molecular formula is C21H25FO3. The highest BCUT2D eigenvalue weighted by atomic mass is 19.1. The molecule has 2 aromatic rings. The van der Waals surface area contributed by atoms with Gasteiger partial charge in [0.2, 0.25) is 0 Å². The number of benzene rings is 2. The number of hydrogen-bond donors (Lipinski definition) is 1. The quantitative estimate of drug-likeness (QED) is 0.481. The molecule has 0 heterocycles. The second-order valence-corrected chi connectivity index (χ2v) is 6.17. The van der Waals surface area contributed by atoms with E-state index in [0.29, 0.717) is 12.0 Å². The van der Waals surface area contributed by atoms with Crippen LogP contribution in [0.5, 0.6) is 5.75 Å². The largest absolute Gasteiger partial charge is 0.508 e. The lowest BCUT2D eigenvalue weighted by Gasteiger charge is -2.10. The molecule has 134 valence electrons. The summed E-state index contributed by atoms with van der Waals surface area (Å²) in [7, 11) is 0. The van der Waals surface area contributed by atoms with Gasteiger partial charge in [0, 0.05) is 0 Å². The van der Waals surface area contributed by atoms with Crippen LogP contribution in [0.4, 0.5) is 4.39 Å². The zero-order valence-corrected chi connectivity index (χ0v) is 14.6. The Balaban J connectivity index is 1.83. The summed E-state index contributed by atoms with van der Waals surface area (Å²) in [6.07, 6.45) is 3.41. The normalized spacial score (nSPS) is 11.9. The first-order valence-corrected chi connectivity index (χ1v) is 8.81. The van der Waals surface area contributed by atoms with Crippen LogP contribution in [0.3, 0.4) is 0 Å². The Morgan fingerprint density at radius 3 is 2.20 bits per heavy atom. The summed E-state index contributed by atoms with van der Waals surface area (Å²) in [5.74, 6) is -0.298. The number of carbonyl (C=O) groups is 1. The smallest absolute Gasteiger partial charge is 0.338 e. The molecule has 0 radical (unpaired) electrons. The lowest BCUT2D eigenvalue weighted by atomic mass is 10.0. The monoisotopic (exact) mass is 344 g/mol. The van der Waals surface area contributed by atoms with Crippen molar-refractivity contribution in [3.63, 3.8) is 0 Å². The van der Waals surface area contributed by atoms with Gasteiger partial charge in [-0.1, -0.05) is 56.9 Å². The van der Waals surface area contributed by atoms with Gasteiger partial charge in [-0.05, 0) is 41.8 Å². The predicted molar refractivity (Wildman–Crippen MR) is 97.5 cm³/mol. The highest BCUT2D eigenvalue weighted by Crippen LogP contribution is 2.22. The zero-order valence-electron chi connectivity index (χ0n) is 14.6. The van der Waals surface area contributed by atoms with Crippen LogP contribution in [0.2, 0.25) is 0 Å². The number of hydrogen-bond acceptors (Lipinski definition) is 3. The topological polar surface area (TPSA) is 46.5 Å². The Labute approximate surface area is 148 Å². The van der Waals surface area contributed by atoms with Crippen LogP contribution in [0.15, 0.2) is 48.5 Å². The van der Waals surface area contributed by atoms with E-state index < -0.39 is 12.1 Å². The van der Waals surface area contributed by atoms with Crippen LogP contribution in [-0.4, -0.2) is 23.9 Å². The van der Waals surface area contributed by atoms with E-state index in [1.165, 1.54) is 0 Å². The number of aromatic hydroxyl groups is 1. The molecule has 0 aliphatic carbocycles.